The summed E-state index contributed by atoms with van der Waals surface area (Å²) < 4.78 is 5.21. The molecule has 0 unspecified atom stereocenters. The number of nitrogens with zero attached hydrogens (tertiary/aromatic N) is 1. The van der Waals surface area contributed by atoms with Crippen LogP contribution in [0.5, 0.6) is 5.75 Å². The number of aromatic nitrogens is 2. The van der Waals surface area contributed by atoms with E-state index >= 15 is 0 Å². The first kappa shape index (κ1) is 17.5. The fourth-order valence-electron chi connectivity index (χ4n) is 2.89. The summed E-state index contributed by atoms with van der Waals surface area (Å²) in [5.74, 6) is 1.18. The van der Waals surface area contributed by atoms with E-state index in [-0.39, 0.29) is 5.91 Å². The number of hydrogen-bond acceptors (Lipinski definition) is 3. The number of methoxy groups -OCH3 is 1. The SMILES string of the molecule is COc1ccc(/C=C(\NC(=O)c2ccccc2)c2nc3ccccc3[nH]2)cc1. The Hall–Kier alpha value is -3.86. The van der Waals surface area contributed by atoms with Crippen LogP contribution in [0.4, 0.5) is 0 Å². The van der Waals surface area contributed by atoms with Gasteiger partial charge in [-0.3, -0.25) is 4.79 Å². The first-order valence-electron chi connectivity index (χ1n) is 8.90. The molecule has 138 valence electrons. The maximum Gasteiger partial charge on any atom is 0.255 e. The molecule has 0 saturated carbocycles. The minimum atomic E-state index is -0.194. The Bertz CT molecular complexity index is 1100. The first-order valence-corrected chi connectivity index (χ1v) is 8.90. The lowest BCUT2D eigenvalue weighted by Gasteiger charge is -2.09. The van der Waals surface area contributed by atoms with E-state index in [1.807, 2.05) is 72.8 Å². The van der Waals surface area contributed by atoms with E-state index in [0.717, 1.165) is 22.3 Å². The third kappa shape index (κ3) is 3.78. The van der Waals surface area contributed by atoms with Crippen LogP contribution in [0.2, 0.25) is 0 Å². The average molecular weight is 369 g/mol. The fraction of sp³-hybridized carbons (Fsp3) is 0.0435. The summed E-state index contributed by atoms with van der Waals surface area (Å²) in [5, 5.41) is 2.98. The summed E-state index contributed by atoms with van der Waals surface area (Å²) >= 11 is 0. The number of imidazole rings is 1. The summed E-state index contributed by atoms with van der Waals surface area (Å²) in [4.78, 5) is 20.6. The third-order valence-electron chi connectivity index (χ3n) is 4.36. The van der Waals surface area contributed by atoms with Crippen LogP contribution < -0.4 is 10.1 Å². The number of fused-ring (bicyclic) bond motifs is 1. The van der Waals surface area contributed by atoms with E-state index in [1.165, 1.54) is 0 Å². The molecule has 0 aliphatic heterocycles. The zero-order chi connectivity index (χ0) is 19.3. The van der Waals surface area contributed by atoms with Crippen molar-refractivity contribution in [3.63, 3.8) is 0 Å². The molecule has 0 bridgehead atoms. The molecule has 2 N–H and O–H groups in total. The van der Waals surface area contributed by atoms with Gasteiger partial charge in [-0.25, -0.2) is 4.98 Å². The maximum absolute atomic E-state index is 12.7. The third-order valence-corrected chi connectivity index (χ3v) is 4.36. The standard InChI is InChI=1S/C23H19N3O2/c1-28-18-13-11-16(12-14-18)15-21(26-23(27)17-7-3-2-4-8-17)22-24-19-9-5-6-10-20(19)25-22/h2-15H,1H3,(H,24,25)(H,26,27)/b21-15-. The van der Waals surface area contributed by atoms with Crippen LogP contribution in [-0.2, 0) is 0 Å². The van der Waals surface area contributed by atoms with Crippen LogP contribution in [0.1, 0.15) is 21.7 Å². The number of rotatable bonds is 5. The first-order chi connectivity index (χ1) is 13.7. The van der Waals surface area contributed by atoms with E-state index in [9.17, 15) is 4.79 Å². The van der Waals surface area contributed by atoms with Gasteiger partial charge >= 0.3 is 0 Å². The molecule has 0 aliphatic rings. The van der Waals surface area contributed by atoms with Gasteiger partial charge in [0.1, 0.15) is 5.75 Å². The molecule has 5 heteroatoms. The van der Waals surface area contributed by atoms with E-state index in [2.05, 4.69) is 15.3 Å². The van der Waals surface area contributed by atoms with Gasteiger partial charge in [0.15, 0.2) is 5.82 Å². The van der Waals surface area contributed by atoms with Gasteiger partial charge in [-0.1, -0.05) is 42.5 Å². The van der Waals surface area contributed by atoms with Crippen LogP contribution in [0.15, 0.2) is 78.9 Å². The molecule has 4 aromatic rings. The Balaban J connectivity index is 1.73. The van der Waals surface area contributed by atoms with Crippen molar-refractivity contribution in [2.75, 3.05) is 7.11 Å². The summed E-state index contributed by atoms with van der Waals surface area (Å²) in [6.07, 6.45) is 1.89. The summed E-state index contributed by atoms with van der Waals surface area (Å²) in [7, 11) is 1.63. The van der Waals surface area contributed by atoms with Crippen molar-refractivity contribution in [1.29, 1.82) is 0 Å². The minimum Gasteiger partial charge on any atom is -0.497 e. The Kier molecular flexibility index (Phi) is 4.89. The highest BCUT2D eigenvalue weighted by molar-refractivity contribution is 6.01. The van der Waals surface area contributed by atoms with Crippen LogP contribution in [-0.4, -0.2) is 23.0 Å². The normalized spacial score (nSPS) is 11.4. The number of aromatic amines is 1. The highest BCUT2D eigenvalue weighted by atomic mass is 16.5. The molecule has 1 amide bonds. The van der Waals surface area contributed by atoms with Gasteiger partial charge in [-0.2, -0.15) is 0 Å². The lowest BCUT2D eigenvalue weighted by Crippen LogP contribution is -2.22. The van der Waals surface area contributed by atoms with Crippen molar-refractivity contribution >= 4 is 28.7 Å². The Morgan fingerprint density at radius 3 is 2.39 bits per heavy atom. The average Bonchev–Trinajstić information content (AvgIpc) is 3.18. The molecule has 0 atom stereocenters. The predicted octanol–water partition coefficient (Wildman–Crippen LogP) is 4.50. The van der Waals surface area contributed by atoms with Crippen molar-refractivity contribution < 1.29 is 9.53 Å². The van der Waals surface area contributed by atoms with Gasteiger partial charge in [-0.15, -0.1) is 0 Å². The topological polar surface area (TPSA) is 67.0 Å². The van der Waals surface area contributed by atoms with E-state index in [0.29, 0.717) is 17.1 Å². The number of hydrogen-bond donors (Lipinski definition) is 2. The molecular weight excluding hydrogens is 350 g/mol. The second-order valence-corrected chi connectivity index (χ2v) is 6.25. The maximum atomic E-state index is 12.7. The minimum absolute atomic E-state index is 0.194. The number of H-pyrrole nitrogens is 1. The van der Waals surface area contributed by atoms with Crippen molar-refractivity contribution in [1.82, 2.24) is 15.3 Å². The monoisotopic (exact) mass is 369 g/mol. The number of para-hydroxylation sites is 2. The molecule has 5 nitrogen and oxygen atoms in total. The zero-order valence-corrected chi connectivity index (χ0v) is 15.3. The second-order valence-electron chi connectivity index (χ2n) is 6.25. The summed E-state index contributed by atoms with van der Waals surface area (Å²) in [5.41, 5.74) is 3.85. The Labute approximate surface area is 162 Å². The van der Waals surface area contributed by atoms with Gasteiger partial charge in [0.05, 0.1) is 23.8 Å². The Morgan fingerprint density at radius 2 is 1.68 bits per heavy atom. The largest absolute Gasteiger partial charge is 0.497 e. The Morgan fingerprint density at radius 1 is 0.964 bits per heavy atom. The highest BCUT2D eigenvalue weighted by Crippen LogP contribution is 2.20. The molecule has 0 spiro atoms. The molecule has 1 aromatic heterocycles. The predicted molar refractivity (Wildman–Crippen MR) is 111 cm³/mol. The number of amides is 1. The lowest BCUT2D eigenvalue weighted by molar-refractivity contribution is 0.0973. The van der Waals surface area contributed by atoms with Crippen LogP contribution in [0, 0.1) is 0 Å². The lowest BCUT2D eigenvalue weighted by atomic mass is 10.1. The number of nitrogens with one attached hydrogen (secondary N) is 2. The van der Waals surface area contributed by atoms with Gasteiger partial charge < -0.3 is 15.0 Å². The zero-order valence-electron chi connectivity index (χ0n) is 15.3. The molecule has 3 aromatic carbocycles. The van der Waals surface area contributed by atoms with Gasteiger partial charge in [0.25, 0.3) is 5.91 Å². The number of carbonyl (C=O) groups excluding carboxylic acids is 1. The summed E-state index contributed by atoms with van der Waals surface area (Å²) in [6.45, 7) is 0. The molecule has 4 rings (SSSR count). The smallest absolute Gasteiger partial charge is 0.255 e. The number of benzene rings is 3. The number of carbonyl (C=O) groups is 1. The van der Waals surface area contributed by atoms with Crippen molar-refractivity contribution in [2.45, 2.75) is 0 Å². The van der Waals surface area contributed by atoms with Crippen molar-refractivity contribution in [3.8, 4) is 5.75 Å². The van der Waals surface area contributed by atoms with E-state index in [4.69, 9.17) is 4.74 Å². The van der Waals surface area contributed by atoms with Crippen LogP contribution in [0.3, 0.4) is 0 Å². The van der Waals surface area contributed by atoms with Crippen molar-refractivity contribution in [2.24, 2.45) is 0 Å². The van der Waals surface area contributed by atoms with Crippen LogP contribution in [0.25, 0.3) is 22.8 Å². The van der Waals surface area contributed by atoms with Gasteiger partial charge in [0, 0.05) is 5.56 Å². The molecule has 28 heavy (non-hydrogen) atoms. The van der Waals surface area contributed by atoms with E-state index in [1.54, 1.807) is 19.2 Å². The van der Waals surface area contributed by atoms with Crippen molar-refractivity contribution in [3.05, 3.63) is 95.8 Å². The molecule has 0 saturated heterocycles. The van der Waals surface area contributed by atoms with Crippen LogP contribution >= 0.6 is 0 Å². The van der Waals surface area contributed by atoms with Gasteiger partial charge in [-0.05, 0) is 48.0 Å². The quantitative estimate of drug-likeness (QED) is 0.544. The summed E-state index contributed by atoms with van der Waals surface area (Å²) in [6, 6.07) is 24.5. The molecule has 0 aliphatic carbocycles. The van der Waals surface area contributed by atoms with Gasteiger partial charge in [0.2, 0.25) is 0 Å². The molecule has 0 fully saturated rings. The second kappa shape index (κ2) is 7.80. The molecule has 0 radical (unpaired) electrons. The number of ether oxygens (including phenoxy) is 1. The molecular formula is C23H19N3O2. The molecule has 1 heterocycles. The highest BCUT2D eigenvalue weighted by Gasteiger charge is 2.13. The fourth-order valence-corrected chi connectivity index (χ4v) is 2.89. The van der Waals surface area contributed by atoms with E-state index < -0.39 is 0 Å².